The predicted octanol–water partition coefficient (Wildman–Crippen LogP) is -0.126. The van der Waals surface area contributed by atoms with Gasteiger partial charge < -0.3 is 14.5 Å². The second kappa shape index (κ2) is 8.55. The number of likely N-dealkylation sites (N-methyl/N-ethyl adjacent to an activating group) is 1. The molecule has 0 saturated carbocycles. The molecule has 1 amide bonds. The first kappa shape index (κ1) is 20.1. The van der Waals surface area contributed by atoms with Crippen molar-refractivity contribution in [1.29, 1.82) is 0 Å². The monoisotopic (exact) mass is 396 g/mol. The van der Waals surface area contributed by atoms with Crippen molar-refractivity contribution in [2.24, 2.45) is 0 Å². The van der Waals surface area contributed by atoms with Gasteiger partial charge in [-0.15, -0.1) is 0 Å². The van der Waals surface area contributed by atoms with E-state index in [4.69, 9.17) is 4.74 Å². The number of hydrogen-bond acceptors (Lipinski definition) is 5. The van der Waals surface area contributed by atoms with Crippen LogP contribution in [0.2, 0.25) is 0 Å². The summed E-state index contributed by atoms with van der Waals surface area (Å²) in [5, 5.41) is 0. The number of benzene rings is 1. The molecule has 1 aromatic carbocycles. The molecule has 2 saturated heterocycles. The minimum Gasteiger partial charge on any atom is -0.496 e. The van der Waals surface area contributed by atoms with Crippen molar-refractivity contribution in [1.82, 2.24) is 18.4 Å². The molecule has 27 heavy (non-hydrogen) atoms. The molecule has 3 rings (SSSR count). The van der Waals surface area contributed by atoms with Gasteiger partial charge in [0.1, 0.15) is 5.75 Å². The first-order chi connectivity index (χ1) is 12.9. The zero-order chi connectivity index (χ0) is 19.4. The van der Waals surface area contributed by atoms with Gasteiger partial charge in [-0.3, -0.25) is 4.79 Å². The summed E-state index contributed by atoms with van der Waals surface area (Å²) in [5.41, 5.74) is 0.845. The van der Waals surface area contributed by atoms with Crippen LogP contribution in [-0.4, -0.2) is 99.3 Å². The number of piperazine rings is 2. The van der Waals surface area contributed by atoms with Gasteiger partial charge >= 0.3 is 0 Å². The smallest absolute Gasteiger partial charge is 0.282 e. The third-order valence-corrected chi connectivity index (χ3v) is 7.28. The number of nitrogens with zero attached hydrogens (tertiary/aromatic N) is 4. The summed E-state index contributed by atoms with van der Waals surface area (Å²) < 4.78 is 34.0. The topological polar surface area (TPSA) is 73.4 Å². The molecule has 150 valence electrons. The van der Waals surface area contributed by atoms with E-state index < -0.39 is 10.2 Å². The number of para-hydroxylation sites is 1. The Morgan fingerprint density at radius 1 is 0.963 bits per heavy atom. The van der Waals surface area contributed by atoms with Crippen LogP contribution in [0.25, 0.3) is 0 Å². The van der Waals surface area contributed by atoms with Crippen LogP contribution in [0.15, 0.2) is 24.3 Å². The van der Waals surface area contributed by atoms with Gasteiger partial charge in [-0.2, -0.15) is 17.0 Å². The van der Waals surface area contributed by atoms with Gasteiger partial charge in [0.05, 0.1) is 13.5 Å². The molecule has 0 aromatic heterocycles. The first-order valence-corrected chi connectivity index (χ1v) is 10.6. The van der Waals surface area contributed by atoms with Crippen LogP contribution in [0, 0.1) is 0 Å². The van der Waals surface area contributed by atoms with Crippen molar-refractivity contribution in [2.45, 2.75) is 6.42 Å². The average molecular weight is 397 g/mol. The Hall–Kier alpha value is -1.68. The zero-order valence-corrected chi connectivity index (χ0v) is 16.8. The third kappa shape index (κ3) is 4.60. The zero-order valence-electron chi connectivity index (χ0n) is 16.0. The maximum absolute atomic E-state index is 12.8. The highest BCUT2D eigenvalue weighted by molar-refractivity contribution is 7.86. The average Bonchev–Trinajstić information content (AvgIpc) is 2.69. The Labute approximate surface area is 161 Å². The van der Waals surface area contributed by atoms with Gasteiger partial charge in [0.2, 0.25) is 5.91 Å². The largest absolute Gasteiger partial charge is 0.496 e. The Balaban J connectivity index is 1.56. The van der Waals surface area contributed by atoms with Gasteiger partial charge in [-0.05, 0) is 13.1 Å². The fraction of sp³-hybridized carbons (Fsp3) is 0.611. The lowest BCUT2D eigenvalue weighted by molar-refractivity contribution is -0.131. The predicted molar refractivity (Wildman–Crippen MR) is 103 cm³/mol. The van der Waals surface area contributed by atoms with Crippen LogP contribution in [0.5, 0.6) is 5.75 Å². The molecule has 0 N–H and O–H groups in total. The van der Waals surface area contributed by atoms with Crippen molar-refractivity contribution in [3.8, 4) is 5.75 Å². The molecule has 0 spiro atoms. The van der Waals surface area contributed by atoms with Crippen LogP contribution in [0.4, 0.5) is 0 Å². The quantitative estimate of drug-likeness (QED) is 0.694. The molecule has 1 aromatic rings. The summed E-state index contributed by atoms with van der Waals surface area (Å²) in [7, 11) is 0.140. The summed E-state index contributed by atoms with van der Waals surface area (Å²) in [6, 6.07) is 7.47. The molecule has 8 nitrogen and oxygen atoms in total. The first-order valence-electron chi connectivity index (χ1n) is 9.25. The number of methoxy groups -OCH3 is 1. The van der Waals surface area contributed by atoms with E-state index >= 15 is 0 Å². The second-order valence-corrected chi connectivity index (χ2v) is 8.91. The lowest BCUT2D eigenvalue weighted by Gasteiger charge is -2.39. The SMILES string of the molecule is COc1ccccc1CC(=O)N1CCN(S(=O)(=O)N2CCN(C)CC2)CC1. The van der Waals surface area contributed by atoms with E-state index in [1.807, 2.05) is 31.3 Å². The van der Waals surface area contributed by atoms with Crippen LogP contribution in [-0.2, 0) is 21.4 Å². The summed E-state index contributed by atoms with van der Waals surface area (Å²) in [5.74, 6) is 0.693. The van der Waals surface area contributed by atoms with E-state index in [9.17, 15) is 13.2 Å². The Kier molecular flexibility index (Phi) is 6.36. The van der Waals surface area contributed by atoms with Gasteiger partial charge in [0, 0.05) is 57.9 Å². The number of carbonyl (C=O) groups excluding carboxylic acids is 1. The van der Waals surface area contributed by atoms with E-state index in [2.05, 4.69) is 4.90 Å². The van der Waals surface area contributed by atoms with Crippen LogP contribution >= 0.6 is 0 Å². The molecule has 2 heterocycles. The molecule has 9 heteroatoms. The second-order valence-electron chi connectivity index (χ2n) is 6.98. The van der Waals surface area contributed by atoms with Crippen molar-refractivity contribution in [2.75, 3.05) is 66.5 Å². The molecule has 2 aliphatic heterocycles. The van der Waals surface area contributed by atoms with Crippen molar-refractivity contribution in [3.05, 3.63) is 29.8 Å². The number of carbonyl (C=O) groups is 1. The lowest BCUT2D eigenvalue weighted by Crippen LogP contribution is -2.57. The Morgan fingerprint density at radius 3 is 2.11 bits per heavy atom. The van der Waals surface area contributed by atoms with E-state index in [0.29, 0.717) is 45.0 Å². The van der Waals surface area contributed by atoms with Crippen LogP contribution in [0.1, 0.15) is 5.56 Å². The highest BCUT2D eigenvalue weighted by Crippen LogP contribution is 2.20. The summed E-state index contributed by atoms with van der Waals surface area (Å²) in [6.07, 6.45) is 0.259. The molecule has 2 fully saturated rings. The maximum atomic E-state index is 12.8. The van der Waals surface area contributed by atoms with Crippen molar-refractivity contribution < 1.29 is 17.9 Å². The Morgan fingerprint density at radius 2 is 1.52 bits per heavy atom. The minimum absolute atomic E-state index is 0.00357. The van der Waals surface area contributed by atoms with Crippen LogP contribution < -0.4 is 4.74 Å². The fourth-order valence-electron chi connectivity index (χ4n) is 3.47. The van der Waals surface area contributed by atoms with Crippen molar-refractivity contribution in [3.63, 3.8) is 0 Å². The molecule has 0 radical (unpaired) electrons. The molecule has 0 unspecified atom stereocenters. The molecule has 0 aliphatic carbocycles. The standard InChI is InChI=1S/C18H28N4O4S/c1-19-7-11-21(12-8-19)27(24,25)22-13-9-20(10-14-22)18(23)15-16-5-3-4-6-17(16)26-2/h3-6H,7-15H2,1-2H3. The van der Waals surface area contributed by atoms with Gasteiger partial charge in [0.25, 0.3) is 10.2 Å². The summed E-state index contributed by atoms with van der Waals surface area (Å²) in [4.78, 5) is 16.5. The molecular weight excluding hydrogens is 368 g/mol. The normalized spacial score (nSPS) is 20.6. The van der Waals surface area contributed by atoms with E-state index in [1.165, 1.54) is 4.31 Å². The highest BCUT2D eigenvalue weighted by atomic mass is 32.2. The molecular formula is C18H28N4O4S. The highest BCUT2D eigenvalue weighted by Gasteiger charge is 2.34. The van der Waals surface area contributed by atoms with Crippen molar-refractivity contribution >= 4 is 16.1 Å². The number of ether oxygens (including phenoxy) is 1. The van der Waals surface area contributed by atoms with E-state index in [1.54, 1.807) is 16.3 Å². The molecule has 0 atom stereocenters. The third-order valence-electron chi connectivity index (χ3n) is 5.24. The number of rotatable bonds is 5. The van der Waals surface area contributed by atoms with E-state index in [0.717, 1.165) is 18.7 Å². The van der Waals surface area contributed by atoms with Gasteiger partial charge in [0.15, 0.2) is 0 Å². The van der Waals surface area contributed by atoms with Crippen LogP contribution in [0.3, 0.4) is 0 Å². The molecule has 2 aliphatic rings. The van der Waals surface area contributed by atoms with Gasteiger partial charge in [-0.25, -0.2) is 0 Å². The number of hydrogen-bond donors (Lipinski definition) is 0. The summed E-state index contributed by atoms with van der Waals surface area (Å²) >= 11 is 0. The van der Waals surface area contributed by atoms with Gasteiger partial charge in [-0.1, -0.05) is 18.2 Å². The van der Waals surface area contributed by atoms with E-state index in [-0.39, 0.29) is 12.3 Å². The Bertz CT molecular complexity index is 754. The lowest BCUT2D eigenvalue weighted by atomic mass is 10.1. The minimum atomic E-state index is -3.45. The number of amides is 1. The fourth-order valence-corrected chi connectivity index (χ4v) is 5.05. The molecule has 0 bridgehead atoms. The maximum Gasteiger partial charge on any atom is 0.282 e. The summed E-state index contributed by atoms with van der Waals surface area (Å²) in [6.45, 7) is 4.05.